The summed E-state index contributed by atoms with van der Waals surface area (Å²) >= 11 is 1.93. The van der Waals surface area contributed by atoms with E-state index >= 15 is 0 Å². The number of nitrogens with one attached hydrogen (secondary N) is 1. The van der Waals surface area contributed by atoms with E-state index in [4.69, 9.17) is 4.98 Å². The lowest BCUT2D eigenvalue weighted by molar-refractivity contribution is 0.258. The van der Waals surface area contributed by atoms with Crippen molar-refractivity contribution in [2.45, 2.75) is 44.2 Å². The smallest absolute Gasteiger partial charge is 0.185 e. The first-order valence-corrected chi connectivity index (χ1v) is 8.59. The van der Waals surface area contributed by atoms with Gasteiger partial charge in [-0.2, -0.15) is 0 Å². The second kappa shape index (κ2) is 6.00. The molecule has 0 saturated carbocycles. The Kier molecular flexibility index (Phi) is 4.29. The molecule has 4 nitrogen and oxygen atoms in total. The molecule has 0 spiro atoms. The summed E-state index contributed by atoms with van der Waals surface area (Å²) in [6.07, 6.45) is 6.33. The summed E-state index contributed by atoms with van der Waals surface area (Å²) in [6, 6.07) is 1.14. The van der Waals surface area contributed by atoms with Crippen LogP contribution in [-0.2, 0) is 6.42 Å². The number of aromatic nitrogens is 1. The standard InChI is InChI=1S/C15H26N4S/c1-16-12-7-4-8-13-14(12)17-15(20-13)19-9-5-6-11(10-19)18(2)3/h11-12,16H,4-10H2,1-3H3. The van der Waals surface area contributed by atoms with Gasteiger partial charge in [-0.25, -0.2) is 4.98 Å². The minimum Gasteiger partial charge on any atom is -0.347 e. The lowest BCUT2D eigenvalue weighted by Gasteiger charge is -2.36. The summed E-state index contributed by atoms with van der Waals surface area (Å²) in [5.41, 5.74) is 1.32. The fourth-order valence-electron chi connectivity index (χ4n) is 3.37. The van der Waals surface area contributed by atoms with E-state index in [-0.39, 0.29) is 0 Å². The van der Waals surface area contributed by atoms with Gasteiger partial charge < -0.3 is 15.1 Å². The van der Waals surface area contributed by atoms with Crippen LogP contribution in [0.25, 0.3) is 0 Å². The number of fused-ring (bicyclic) bond motifs is 1. The van der Waals surface area contributed by atoms with E-state index in [0.717, 1.165) is 6.54 Å². The van der Waals surface area contributed by atoms with Gasteiger partial charge in [-0.05, 0) is 53.2 Å². The van der Waals surface area contributed by atoms with Gasteiger partial charge in [-0.1, -0.05) is 0 Å². The first kappa shape index (κ1) is 14.3. The monoisotopic (exact) mass is 294 g/mol. The fourth-order valence-corrected chi connectivity index (χ4v) is 4.57. The van der Waals surface area contributed by atoms with Crippen molar-refractivity contribution in [1.29, 1.82) is 0 Å². The number of aryl methyl sites for hydroxylation is 1. The molecule has 1 fully saturated rings. The first-order valence-electron chi connectivity index (χ1n) is 7.77. The molecule has 1 saturated heterocycles. The van der Waals surface area contributed by atoms with Crippen LogP contribution in [-0.4, -0.2) is 50.2 Å². The highest BCUT2D eigenvalue weighted by atomic mass is 32.1. The van der Waals surface area contributed by atoms with Crippen molar-refractivity contribution in [3.8, 4) is 0 Å². The molecule has 1 aliphatic carbocycles. The third-order valence-corrected chi connectivity index (χ3v) is 5.88. The Hall–Kier alpha value is -0.650. The minimum atomic E-state index is 0.471. The molecule has 0 radical (unpaired) electrons. The molecule has 112 valence electrons. The molecule has 2 aliphatic rings. The molecule has 1 aromatic heterocycles. The second-order valence-electron chi connectivity index (χ2n) is 6.24. The molecule has 0 amide bonds. The van der Waals surface area contributed by atoms with E-state index in [0.29, 0.717) is 12.1 Å². The Balaban J connectivity index is 1.79. The van der Waals surface area contributed by atoms with E-state index < -0.39 is 0 Å². The molecule has 0 bridgehead atoms. The van der Waals surface area contributed by atoms with Crippen molar-refractivity contribution in [1.82, 2.24) is 15.2 Å². The molecule has 20 heavy (non-hydrogen) atoms. The van der Waals surface area contributed by atoms with Gasteiger partial charge >= 0.3 is 0 Å². The Morgan fingerprint density at radius 2 is 2.15 bits per heavy atom. The molecular formula is C15H26N4S. The van der Waals surface area contributed by atoms with Crippen LogP contribution in [0.5, 0.6) is 0 Å². The second-order valence-corrected chi connectivity index (χ2v) is 7.31. The maximum atomic E-state index is 4.98. The molecule has 3 rings (SSSR count). The summed E-state index contributed by atoms with van der Waals surface area (Å²) in [5.74, 6) is 0. The normalized spacial score (nSPS) is 26.9. The van der Waals surface area contributed by atoms with E-state index in [2.05, 4.69) is 36.3 Å². The van der Waals surface area contributed by atoms with Crippen LogP contribution in [0.1, 0.15) is 42.3 Å². The van der Waals surface area contributed by atoms with Gasteiger partial charge in [0.1, 0.15) is 0 Å². The van der Waals surface area contributed by atoms with Gasteiger partial charge in [0.25, 0.3) is 0 Å². The molecule has 1 aliphatic heterocycles. The van der Waals surface area contributed by atoms with E-state index in [9.17, 15) is 0 Å². The highest BCUT2D eigenvalue weighted by molar-refractivity contribution is 7.15. The van der Waals surface area contributed by atoms with Crippen LogP contribution in [0.4, 0.5) is 5.13 Å². The Labute approximate surface area is 126 Å². The zero-order chi connectivity index (χ0) is 14.1. The molecular weight excluding hydrogens is 268 g/mol. The first-order chi connectivity index (χ1) is 9.69. The van der Waals surface area contributed by atoms with Gasteiger partial charge in [-0.15, -0.1) is 11.3 Å². The van der Waals surface area contributed by atoms with Crippen molar-refractivity contribution >= 4 is 16.5 Å². The van der Waals surface area contributed by atoms with Crippen LogP contribution < -0.4 is 10.2 Å². The molecule has 1 N–H and O–H groups in total. The summed E-state index contributed by atoms with van der Waals surface area (Å²) in [6.45, 7) is 2.30. The fraction of sp³-hybridized carbons (Fsp3) is 0.800. The number of nitrogens with zero attached hydrogens (tertiary/aromatic N) is 3. The molecule has 0 aromatic carbocycles. The number of piperidine rings is 1. The predicted molar refractivity (Wildman–Crippen MR) is 85.8 cm³/mol. The molecule has 2 unspecified atom stereocenters. The predicted octanol–water partition coefficient (Wildman–Crippen LogP) is 2.27. The number of thiazole rings is 1. The Morgan fingerprint density at radius 1 is 1.30 bits per heavy atom. The van der Waals surface area contributed by atoms with Crippen molar-refractivity contribution < 1.29 is 0 Å². The van der Waals surface area contributed by atoms with Gasteiger partial charge in [-0.3, -0.25) is 0 Å². The van der Waals surface area contributed by atoms with Gasteiger partial charge in [0, 0.05) is 24.0 Å². The topological polar surface area (TPSA) is 31.4 Å². The summed E-state index contributed by atoms with van der Waals surface area (Å²) in [5, 5.41) is 4.67. The van der Waals surface area contributed by atoms with E-state index in [1.165, 1.54) is 54.4 Å². The zero-order valence-electron chi connectivity index (χ0n) is 12.9. The number of likely N-dealkylation sites (N-methyl/N-ethyl adjacent to an activating group) is 1. The zero-order valence-corrected chi connectivity index (χ0v) is 13.7. The Bertz CT molecular complexity index is 457. The molecule has 2 heterocycles. The molecule has 2 atom stereocenters. The van der Waals surface area contributed by atoms with E-state index in [1.54, 1.807) is 0 Å². The number of hydrogen-bond donors (Lipinski definition) is 1. The van der Waals surface area contributed by atoms with E-state index in [1.807, 2.05) is 11.3 Å². The number of anilines is 1. The highest BCUT2D eigenvalue weighted by Crippen LogP contribution is 2.37. The van der Waals surface area contributed by atoms with Crippen molar-refractivity contribution in [3.05, 3.63) is 10.6 Å². The average Bonchev–Trinajstić information content (AvgIpc) is 2.91. The SMILES string of the molecule is CNC1CCCc2sc(N3CCCC(N(C)C)C3)nc21. The third kappa shape index (κ3) is 2.71. The Morgan fingerprint density at radius 3 is 2.90 bits per heavy atom. The largest absolute Gasteiger partial charge is 0.347 e. The summed E-state index contributed by atoms with van der Waals surface area (Å²) in [7, 11) is 6.44. The van der Waals surface area contributed by atoms with Gasteiger partial charge in [0.2, 0.25) is 0 Å². The van der Waals surface area contributed by atoms with Crippen LogP contribution in [0, 0.1) is 0 Å². The average molecular weight is 294 g/mol. The van der Waals surface area contributed by atoms with Crippen LogP contribution in [0.15, 0.2) is 0 Å². The maximum Gasteiger partial charge on any atom is 0.185 e. The molecule has 1 aromatic rings. The number of rotatable bonds is 3. The summed E-state index contributed by atoms with van der Waals surface area (Å²) < 4.78 is 0. The quantitative estimate of drug-likeness (QED) is 0.927. The van der Waals surface area contributed by atoms with Crippen LogP contribution >= 0.6 is 11.3 Å². The third-order valence-electron chi connectivity index (χ3n) is 4.69. The minimum absolute atomic E-state index is 0.471. The number of hydrogen-bond acceptors (Lipinski definition) is 5. The molecule has 5 heteroatoms. The van der Waals surface area contributed by atoms with Gasteiger partial charge in [0.05, 0.1) is 11.7 Å². The van der Waals surface area contributed by atoms with Crippen LogP contribution in [0.2, 0.25) is 0 Å². The maximum absolute atomic E-state index is 4.98. The van der Waals surface area contributed by atoms with Crippen molar-refractivity contribution in [2.75, 3.05) is 39.1 Å². The lowest BCUT2D eigenvalue weighted by Crippen LogP contribution is -2.45. The summed E-state index contributed by atoms with van der Waals surface area (Å²) in [4.78, 5) is 11.4. The van der Waals surface area contributed by atoms with Crippen molar-refractivity contribution in [2.24, 2.45) is 0 Å². The van der Waals surface area contributed by atoms with Crippen molar-refractivity contribution in [3.63, 3.8) is 0 Å². The van der Waals surface area contributed by atoms with Crippen LogP contribution in [0.3, 0.4) is 0 Å². The van der Waals surface area contributed by atoms with Gasteiger partial charge in [0.15, 0.2) is 5.13 Å². The highest BCUT2D eigenvalue weighted by Gasteiger charge is 2.28. The lowest BCUT2D eigenvalue weighted by atomic mass is 9.98.